The first-order valence-electron chi connectivity index (χ1n) is 8.11. The number of halogens is 1. The summed E-state index contributed by atoms with van der Waals surface area (Å²) in [4.78, 5) is 26.4. The molecular weight excluding hydrogens is 341 g/mol. The van der Waals surface area contributed by atoms with Gasteiger partial charge in [0.1, 0.15) is 11.6 Å². The Bertz CT molecular complexity index is 808. The van der Waals surface area contributed by atoms with Gasteiger partial charge < -0.3 is 14.2 Å². The number of carbonyl (C=O) groups excluding carboxylic acids is 2. The lowest BCUT2D eigenvalue weighted by Crippen LogP contribution is -2.42. The summed E-state index contributed by atoms with van der Waals surface area (Å²) in [7, 11) is 1.47. The Morgan fingerprint density at radius 2 is 1.88 bits per heavy atom. The van der Waals surface area contributed by atoms with E-state index < -0.39 is 30.0 Å². The normalized spacial score (nSPS) is 19.2. The molecule has 0 N–H and O–H groups in total. The summed E-state index contributed by atoms with van der Waals surface area (Å²) in [5.41, 5.74) is 0.887. The van der Waals surface area contributed by atoms with Gasteiger partial charge in [-0.25, -0.2) is 14.0 Å². The lowest BCUT2D eigenvalue weighted by Gasteiger charge is -2.24. The Kier molecular flexibility index (Phi) is 5.06. The second-order valence-electron chi connectivity index (χ2n) is 5.59. The first kappa shape index (κ1) is 17.7. The van der Waals surface area contributed by atoms with Crippen molar-refractivity contribution in [3.63, 3.8) is 0 Å². The van der Waals surface area contributed by atoms with Crippen molar-refractivity contribution < 1.29 is 28.2 Å². The van der Waals surface area contributed by atoms with Crippen LogP contribution in [0.15, 0.2) is 48.5 Å². The van der Waals surface area contributed by atoms with Crippen molar-refractivity contribution >= 4 is 17.7 Å². The molecule has 2 unspecified atom stereocenters. The lowest BCUT2D eigenvalue weighted by atomic mass is 10.0. The zero-order chi connectivity index (χ0) is 18.7. The Morgan fingerprint density at radius 1 is 1.19 bits per heavy atom. The molecule has 1 amide bonds. The third-order valence-electron chi connectivity index (χ3n) is 4.06. The topological polar surface area (TPSA) is 65.1 Å². The molecule has 2 atom stereocenters. The first-order chi connectivity index (χ1) is 12.6. The van der Waals surface area contributed by atoms with Crippen LogP contribution in [0.4, 0.5) is 14.9 Å². The van der Waals surface area contributed by atoms with Gasteiger partial charge in [-0.2, -0.15) is 0 Å². The van der Waals surface area contributed by atoms with Crippen LogP contribution in [0.2, 0.25) is 0 Å². The van der Waals surface area contributed by atoms with Crippen LogP contribution in [0.25, 0.3) is 0 Å². The van der Waals surface area contributed by atoms with Crippen molar-refractivity contribution in [3.05, 3.63) is 59.9 Å². The number of para-hydroxylation sites is 2. The molecule has 26 heavy (non-hydrogen) atoms. The summed E-state index contributed by atoms with van der Waals surface area (Å²) in [6, 6.07) is 11.2. The summed E-state index contributed by atoms with van der Waals surface area (Å²) >= 11 is 0. The van der Waals surface area contributed by atoms with Crippen LogP contribution < -0.4 is 9.64 Å². The minimum atomic E-state index is -1.05. The van der Waals surface area contributed by atoms with Crippen LogP contribution in [0.3, 0.4) is 0 Å². The number of hydrogen-bond donors (Lipinski definition) is 0. The Morgan fingerprint density at radius 3 is 2.54 bits per heavy atom. The summed E-state index contributed by atoms with van der Waals surface area (Å²) in [6.45, 7) is 1.83. The van der Waals surface area contributed by atoms with Crippen LogP contribution in [0.1, 0.15) is 18.6 Å². The molecule has 1 aliphatic rings. The highest BCUT2D eigenvalue weighted by molar-refractivity contribution is 6.00. The number of amides is 1. The van der Waals surface area contributed by atoms with Crippen molar-refractivity contribution in [1.82, 2.24) is 0 Å². The van der Waals surface area contributed by atoms with Gasteiger partial charge in [-0.05, 0) is 36.8 Å². The van der Waals surface area contributed by atoms with Crippen LogP contribution >= 0.6 is 0 Å². The molecule has 1 fully saturated rings. The second kappa shape index (κ2) is 7.43. The number of anilines is 1. The standard InChI is InChI=1S/C19H18FNO5/c1-3-25-18(22)16-17(12-8-10-13(20)11-9-12)26-19(23)21(16)14-6-4-5-7-15(14)24-2/h4-11,16-17H,3H2,1-2H3. The van der Waals surface area contributed by atoms with Crippen molar-refractivity contribution in [2.75, 3.05) is 18.6 Å². The zero-order valence-corrected chi connectivity index (χ0v) is 14.3. The molecule has 0 saturated carbocycles. The van der Waals surface area contributed by atoms with E-state index in [0.29, 0.717) is 17.0 Å². The number of cyclic esters (lactones) is 1. The van der Waals surface area contributed by atoms with E-state index in [4.69, 9.17) is 14.2 Å². The lowest BCUT2D eigenvalue weighted by molar-refractivity contribution is -0.146. The molecule has 3 rings (SSSR count). The highest BCUT2D eigenvalue weighted by atomic mass is 19.1. The number of rotatable bonds is 5. The summed E-state index contributed by atoms with van der Waals surface area (Å²) in [6.07, 6.45) is -1.63. The largest absolute Gasteiger partial charge is 0.495 e. The van der Waals surface area contributed by atoms with Gasteiger partial charge in [-0.3, -0.25) is 4.90 Å². The number of benzene rings is 2. The van der Waals surface area contributed by atoms with Gasteiger partial charge in [0.2, 0.25) is 0 Å². The Labute approximate surface area is 150 Å². The molecule has 1 aliphatic heterocycles. The van der Waals surface area contributed by atoms with E-state index in [1.54, 1.807) is 31.2 Å². The van der Waals surface area contributed by atoms with Crippen molar-refractivity contribution in [2.45, 2.75) is 19.1 Å². The second-order valence-corrected chi connectivity index (χ2v) is 5.59. The minimum absolute atomic E-state index is 0.152. The van der Waals surface area contributed by atoms with Gasteiger partial charge in [0.05, 0.1) is 19.4 Å². The fraction of sp³-hybridized carbons (Fsp3) is 0.263. The van der Waals surface area contributed by atoms with E-state index in [1.165, 1.54) is 36.3 Å². The zero-order valence-electron chi connectivity index (χ0n) is 14.3. The number of hydrogen-bond acceptors (Lipinski definition) is 5. The van der Waals surface area contributed by atoms with Gasteiger partial charge in [-0.15, -0.1) is 0 Å². The molecule has 1 heterocycles. The van der Waals surface area contributed by atoms with Crippen LogP contribution in [-0.2, 0) is 14.3 Å². The molecule has 2 aromatic rings. The smallest absolute Gasteiger partial charge is 0.416 e. The Hall–Kier alpha value is -3.09. The molecular formula is C19H18FNO5. The van der Waals surface area contributed by atoms with E-state index in [2.05, 4.69) is 0 Å². The maximum atomic E-state index is 13.2. The van der Waals surface area contributed by atoms with E-state index in [0.717, 1.165) is 0 Å². The fourth-order valence-electron chi connectivity index (χ4n) is 2.92. The molecule has 1 saturated heterocycles. The quantitative estimate of drug-likeness (QED) is 0.765. The first-order valence-corrected chi connectivity index (χ1v) is 8.11. The van der Waals surface area contributed by atoms with Crippen molar-refractivity contribution in [3.8, 4) is 5.75 Å². The highest BCUT2D eigenvalue weighted by Gasteiger charge is 2.49. The maximum Gasteiger partial charge on any atom is 0.416 e. The molecule has 7 heteroatoms. The molecule has 0 aromatic heterocycles. The number of esters is 1. The summed E-state index contributed by atoms with van der Waals surface area (Å²) in [5.74, 6) is -0.621. The monoisotopic (exact) mass is 359 g/mol. The van der Waals surface area contributed by atoms with E-state index >= 15 is 0 Å². The van der Waals surface area contributed by atoms with Crippen LogP contribution in [-0.4, -0.2) is 31.8 Å². The number of carbonyl (C=O) groups is 2. The van der Waals surface area contributed by atoms with E-state index in [9.17, 15) is 14.0 Å². The van der Waals surface area contributed by atoms with Gasteiger partial charge >= 0.3 is 12.1 Å². The van der Waals surface area contributed by atoms with Gasteiger partial charge in [-0.1, -0.05) is 24.3 Å². The molecule has 0 spiro atoms. The van der Waals surface area contributed by atoms with E-state index in [-0.39, 0.29) is 6.61 Å². The molecule has 6 nitrogen and oxygen atoms in total. The molecule has 0 aliphatic carbocycles. The summed E-state index contributed by atoms with van der Waals surface area (Å²) in [5, 5.41) is 0. The van der Waals surface area contributed by atoms with Crippen LogP contribution in [0, 0.1) is 5.82 Å². The average molecular weight is 359 g/mol. The molecule has 136 valence electrons. The fourth-order valence-corrected chi connectivity index (χ4v) is 2.92. The molecule has 2 aromatic carbocycles. The third kappa shape index (κ3) is 3.20. The molecule has 0 radical (unpaired) electrons. The number of methoxy groups -OCH3 is 1. The third-order valence-corrected chi connectivity index (χ3v) is 4.06. The van der Waals surface area contributed by atoms with Crippen molar-refractivity contribution in [2.24, 2.45) is 0 Å². The predicted molar refractivity (Wildman–Crippen MR) is 91.5 cm³/mol. The van der Waals surface area contributed by atoms with Crippen molar-refractivity contribution in [1.29, 1.82) is 0 Å². The van der Waals surface area contributed by atoms with Crippen LogP contribution in [0.5, 0.6) is 5.75 Å². The maximum absolute atomic E-state index is 13.2. The number of nitrogens with zero attached hydrogens (tertiary/aromatic N) is 1. The SMILES string of the molecule is CCOC(=O)C1C(c2ccc(F)cc2)OC(=O)N1c1ccccc1OC. The van der Waals surface area contributed by atoms with Gasteiger partial charge in [0.25, 0.3) is 0 Å². The number of ether oxygens (including phenoxy) is 3. The van der Waals surface area contributed by atoms with E-state index in [1.807, 2.05) is 0 Å². The molecule has 0 bridgehead atoms. The highest BCUT2D eigenvalue weighted by Crippen LogP contribution is 2.40. The predicted octanol–water partition coefficient (Wildman–Crippen LogP) is 3.46. The van der Waals surface area contributed by atoms with Gasteiger partial charge in [0.15, 0.2) is 12.1 Å². The van der Waals surface area contributed by atoms with Gasteiger partial charge in [0, 0.05) is 0 Å². The summed E-state index contributed by atoms with van der Waals surface area (Å²) < 4.78 is 29.1. The Balaban J connectivity index is 2.06. The minimum Gasteiger partial charge on any atom is -0.495 e. The average Bonchev–Trinajstić information content (AvgIpc) is 2.99.